The molecule has 2 aliphatic rings. The van der Waals surface area contributed by atoms with Crippen LogP contribution >= 0.6 is 11.6 Å². The summed E-state index contributed by atoms with van der Waals surface area (Å²) in [7, 11) is -5.08. The van der Waals surface area contributed by atoms with E-state index in [4.69, 9.17) is 11.6 Å². The number of pyridine rings is 1. The number of aromatic nitrogens is 5. The summed E-state index contributed by atoms with van der Waals surface area (Å²) in [6, 6.07) is 0.179. The highest BCUT2D eigenvalue weighted by atomic mass is 35.5. The summed E-state index contributed by atoms with van der Waals surface area (Å²) in [5.74, 6) is -15.6. The number of nitrogens with one attached hydrogen (secondary N) is 2. The molecule has 4 N–H and O–H groups in total. The Morgan fingerprint density at radius 2 is 1.56 bits per heavy atom. The maximum atomic E-state index is 15.4. The molecule has 3 amide bonds. The molecule has 1 saturated carbocycles. The number of carboxylic acids is 2. The van der Waals surface area contributed by atoms with Crippen molar-refractivity contribution in [3.8, 4) is 11.1 Å². The molecule has 5 aromatic rings. The second-order valence-corrected chi connectivity index (χ2v) is 17.6. The lowest BCUT2D eigenvalue weighted by Crippen LogP contribution is -2.53. The van der Waals surface area contributed by atoms with Crippen LogP contribution in [0.25, 0.3) is 22.0 Å². The summed E-state index contributed by atoms with van der Waals surface area (Å²) >= 11 is 6.47. The SMILES string of the molecule is Cc1ccc(-c2ccc(Cl)c3c(N(C(=O)NC(C(=O)O)C(=O)O)S(C)(=O)=O)nn(CC(F)(F)F)c23)c([C@H](Cc2cc(F)cc(F)c2)NC(=O)Cn2nc(C(F)(F)F)c3c2C(F)(F)[C@@H]2CC32)n1. The number of alkyl halides is 8. The Balaban J connectivity index is 1.41. The number of rotatable bonds is 13. The van der Waals surface area contributed by atoms with Gasteiger partial charge in [-0.05, 0) is 55.5 Å². The summed E-state index contributed by atoms with van der Waals surface area (Å²) in [5, 5.41) is 28.2. The van der Waals surface area contributed by atoms with Crippen LogP contribution in [-0.2, 0) is 56.0 Å². The molecule has 16 nitrogen and oxygen atoms in total. The van der Waals surface area contributed by atoms with Crippen LogP contribution in [0, 0.1) is 24.5 Å². The molecule has 0 aliphatic heterocycles. The average Bonchev–Trinajstić information content (AvgIpc) is 3.68. The van der Waals surface area contributed by atoms with Crippen LogP contribution in [0.5, 0.6) is 0 Å². The van der Waals surface area contributed by atoms with Crippen LogP contribution in [0.4, 0.5) is 54.5 Å². The van der Waals surface area contributed by atoms with E-state index in [1.54, 1.807) is 0 Å². The third-order valence-electron chi connectivity index (χ3n) is 10.5. The molecule has 1 fully saturated rings. The summed E-state index contributed by atoms with van der Waals surface area (Å²) in [5.41, 5.74) is -5.35. The van der Waals surface area contributed by atoms with Gasteiger partial charge in [0.05, 0.1) is 33.9 Å². The van der Waals surface area contributed by atoms with Crippen molar-refractivity contribution in [2.45, 2.75) is 69.1 Å². The number of hydrogen-bond acceptors (Lipinski definition) is 9. The third kappa shape index (κ3) is 9.04. The summed E-state index contributed by atoms with van der Waals surface area (Å²) in [6.45, 7) is -1.94. The van der Waals surface area contributed by atoms with Gasteiger partial charge in [-0.2, -0.15) is 49.6 Å². The predicted molar refractivity (Wildman–Crippen MR) is 207 cm³/mol. The zero-order chi connectivity index (χ0) is 48.7. The van der Waals surface area contributed by atoms with Gasteiger partial charge >= 0.3 is 30.3 Å². The van der Waals surface area contributed by atoms with Gasteiger partial charge in [-0.3, -0.25) is 19.1 Å². The third-order valence-corrected chi connectivity index (χ3v) is 11.8. The Hall–Kier alpha value is -6.51. The Kier molecular flexibility index (Phi) is 11.8. The first-order valence-corrected chi connectivity index (χ1v) is 21.0. The van der Waals surface area contributed by atoms with Gasteiger partial charge in [-0.25, -0.2) is 31.6 Å². The molecule has 0 saturated heterocycles. The molecule has 3 atom stereocenters. The number of carbonyl (C=O) groups is 4. The molecule has 2 aliphatic carbocycles. The molecule has 0 spiro atoms. The maximum absolute atomic E-state index is 15.4. The molecule has 3 aromatic heterocycles. The van der Waals surface area contributed by atoms with Crippen molar-refractivity contribution in [2.24, 2.45) is 5.92 Å². The number of amides is 3. The molecular formula is C38H29ClF10N8O8S. The quantitative estimate of drug-likeness (QED) is 0.0744. The van der Waals surface area contributed by atoms with Crippen molar-refractivity contribution in [2.75, 3.05) is 10.6 Å². The van der Waals surface area contributed by atoms with Crippen molar-refractivity contribution in [3.63, 3.8) is 0 Å². The van der Waals surface area contributed by atoms with E-state index in [1.807, 2.05) is 0 Å². The Morgan fingerprint density at radius 3 is 2.14 bits per heavy atom. The van der Waals surface area contributed by atoms with Crippen LogP contribution in [0.1, 0.15) is 52.3 Å². The number of aliphatic carboxylic acids is 2. The van der Waals surface area contributed by atoms with E-state index in [2.05, 4.69) is 20.5 Å². The topological polar surface area (TPSA) is 219 Å². The molecular weight excluding hydrogens is 954 g/mol. The predicted octanol–water partition coefficient (Wildman–Crippen LogP) is 6.44. The number of sulfonamides is 1. The Bertz CT molecular complexity index is 2940. The number of nitrogens with zero attached hydrogens (tertiary/aromatic N) is 6. The van der Waals surface area contributed by atoms with E-state index in [0.29, 0.717) is 12.3 Å². The van der Waals surface area contributed by atoms with Gasteiger partial charge in [0, 0.05) is 34.4 Å². The van der Waals surface area contributed by atoms with Gasteiger partial charge in [0.25, 0.3) is 5.92 Å². The molecule has 2 aromatic carbocycles. The lowest BCUT2D eigenvalue weighted by Gasteiger charge is -2.23. The smallest absolute Gasteiger partial charge is 0.435 e. The first-order valence-electron chi connectivity index (χ1n) is 18.8. The normalized spacial score (nSPS) is 17.1. The van der Waals surface area contributed by atoms with Crippen molar-refractivity contribution < 1.29 is 81.7 Å². The van der Waals surface area contributed by atoms with E-state index in [9.17, 15) is 72.9 Å². The second-order valence-electron chi connectivity index (χ2n) is 15.3. The Morgan fingerprint density at radius 1 is 0.939 bits per heavy atom. The number of anilines is 1. The Labute approximate surface area is 368 Å². The van der Waals surface area contributed by atoms with Crippen LogP contribution in [0.15, 0.2) is 42.5 Å². The van der Waals surface area contributed by atoms with Gasteiger partial charge in [-0.15, -0.1) is 0 Å². The summed E-state index contributed by atoms with van der Waals surface area (Å²) in [6.07, 6.45) is -11.0. The zero-order valence-corrected chi connectivity index (χ0v) is 34.8. The van der Waals surface area contributed by atoms with E-state index in [-0.39, 0.29) is 48.2 Å². The molecule has 0 bridgehead atoms. The van der Waals surface area contributed by atoms with E-state index < -0.39 is 146 Å². The van der Waals surface area contributed by atoms with Crippen LogP contribution < -0.4 is 14.9 Å². The average molecular weight is 983 g/mol. The minimum atomic E-state index is -5.20. The largest absolute Gasteiger partial charge is 0.479 e. The fourth-order valence-corrected chi connectivity index (χ4v) is 8.97. The van der Waals surface area contributed by atoms with Gasteiger partial charge in [0.1, 0.15) is 30.4 Å². The van der Waals surface area contributed by atoms with E-state index >= 15 is 8.78 Å². The van der Waals surface area contributed by atoms with E-state index in [1.165, 1.54) is 24.4 Å². The van der Waals surface area contributed by atoms with Gasteiger partial charge in [0.2, 0.25) is 22.0 Å². The molecule has 0 radical (unpaired) electrons. The van der Waals surface area contributed by atoms with Crippen molar-refractivity contribution in [3.05, 3.63) is 93.0 Å². The highest BCUT2D eigenvalue weighted by Gasteiger charge is 2.68. The van der Waals surface area contributed by atoms with Crippen molar-refractivity contribution in [1.82, 2.24) is 35.2 Å². The molecule has 28 heteroatoms. The first kappa shape index (κ1) is 47.5. The lowest BCUT2D eigenvalue weighted by atomic mass is 9.93. The molecule has 3 heterocycles. The maximum Gasteiger partial charge on any atom is 0.435 e. The minimum Gasteiger partial charge on any atom is -0.479 e. The van der Waals surface area contributed by atoms with Gasteiger partial charge < -0.3 is 20.8 Å². The van der Waals surface area contributed by atoms with Crippen molar-refractivity contribution in [1.29, 1.82) is 0 Å². The number of hydrogen-bond donors (Lipinski definition) is 4. The fraction of sp³-hybridized carbons (Fsp3) is 0.342. The molecule has 66 heavy (non-hydrogen) atoms. The summed E-state index contributed by atoms with van der Waals surface area (Å²) < 4.78 is 171. The molecule has 1 unspecified atom stereocenters. The lowest BCUT2D eigenvalue weighted by molar-refractivity contribution is -0.150. The number of aryl methyl sites for hydroxylation is 1. The number of carbonyl (C=O) groups excluding carboxylic acids is 2. The van der Waals surface area contributed by atoms with E-state index in [0.717, 1.165) is 24.3 Å². The monoisotopic (exact) mass is 982 g/mol. The van der Waals surface area contributed by atoms with Crippen molar-refractivity contribution >= 4 is 62.2 Å². The minimum absolute atomic E-state index is 0.109. The highest BCUT2D eigenvalue weighted by Crippen LogP contribution is 2.68. The second kappa shape index (κ2) is 16.4. The fourth-order valence-electron chi connectivity index (χ4n) is 7.94. The number of carboxylic acid groups (broad SMARTS) is 2. The number of urea groups is 1. The van der Waals surface area contributed by atoms with Gasteiger partial charge in [0.15, 0.2) is 11.5 Å². The van der Waals surface area contributed by atoms with Crippen LogP contribution in [-0.4, -0.2) is 85.5 Å². The highest BCUT2D eigenvalue weighted by molar-refractivity contribution is 7.92. The number of benzene rings is 2. The first-order chi connectivity index (χ1) is 30.5. The summed E-state index contributed by atoms with van der Waals surface area (Å²) in [4.78, 5) is 54.9. The number of halogens is 11. The van der Waals surface area contributed by atoms with Crippen LogP contribution in [0.3, 0.4) is 0 Å². The van der Waals surface area contributed by atoms with Crippen LogP contribution in [0.2, 0.25) is 5.02 Å². The number of fused-ring (bicyclic) bond motifs is 4. The van der Waals surface area contributed by atoms with Gasteiger partial charge in [-0.1, -0.05) is 23.7 Å². The molecule has 7 rings (SSSR count). The molecule has 352 valence electrons. The standard InChI is InChI=1S/C38H29ClF10N8O8S/c1-14-3-4-18(19-5-6-22(39)26-29(19)56(13-36(42,43)44)54-32(26)57(66(2,64)65)35(63)52-28(33(59)60)34(61)62)27(50-14)23(9-15-7-16(40)10-17(41)8-15)51-24(58)12-55-31-25(30(53-55)38(47,48)49)20-11-21(20)37(31,45)46/h3-8,10,20-21,23,28H,9,11-13H2,1-2H3,(H,51,58)(H,52,63)(H,59,60)(H,61,62)/t20?,21-,23+/m1/s1. The zero-order valence-electron chi connectivity index (χ0n) is 33.3.